The molecule has 2 heterocycles. The number of aromatic nitrogens is 6. The second-order valence-electron chi connectivity index (χ2n) is 28.9. The number of benzene rings is 13. The predicted octanol–water partition coefficient (Wildman–Crippen LogP) is 24.3. The number of nitrogens with zero attached hydrogens (tertiary/aromatic N) is 8. The molecule has 0 N–H and O–H groups in total. The Hall–Kier alpha value is -13.1. The van der Waals surface area contributed by atoms with E-state index in [4.69, 9.17) is 29.9 Å². The van der Waals surface area contributed by atoms with E-state index < -0.39 is 0 Å². The quantitative estimate of drug-likeness (QED) is 0.118. The number of rotatable bonds is 12. The summed E-state index contributed by atoms with van der Waals surface area (Å²) in [5.74, 6) is 3.65. The number of fused-ring (bicyclic) bond motifs is 10. The molecule has 0 saturated heterocycles. The highest BCUT2D eigenvalue weighted by molar-refractivity contribution is 5.87. The van der Waals surface area contributed by atoms with Crippen molar-refractivity contribution in [1.82, 2.24) is 29.9 Å². The molecule has 2 spiro atoms. The zero-order valence-corrected chi connectivity index (χ0v) is 58.5. The van der Waals surface area contributed by atoms with Crippen molar-refractivity contribution in [2.75, 3.05) is 0 Å². The zero-order valence-electron chi connectivity index (χ0n) is 58.5. The van der Waals surface area contributed by atoms with Gasteiger partial charge in [0.25, 0.3) is 0 Å². The summed E-state index contributed by atoms with van der Waals surface area (Å²) < 4.78 is 0. The molecule has 2 aromatic heterocycles. The summed E-state index contributed by atoms with van der Waals surface area (Å²) >= 11 is 0. The maximum absolute atomic E-state index is 10.0. The maximum Gasteiger partial charge on any atom is 0.164 e. The summed E-state index contributed by atoms with van der Waals surface area (Å²) in [6.45, 7) is 0. The van der Waals surface area contributed by atoms with Gasteiger partial charge in [-0.2, -0.15) is 10.5 Å². The molecule has 106 heavy (non-hydrogen) atoms. The lowest BCUT2D eigenvalue weighted by molar-refractivity contribution is 0.353. The SMILES string of the molecule is N#Cc1ccc2c(c1)C1(CCCCC1)c1cc(-c3ccc(-c4nc(-c5ccc(-c6ccccc6)cc5)nc(-c5ccc(-c6cccc(-c7ccc(-c8ccc(-c9nc(-c%10ccc(-c%11ccccc%11)cc%10)nc(-c%10ccc%11c(c%10)C%10(CCCCC%10)c%10cc(C#N)ccc%10-%11)n9)cc8)cc7)c6)cc5)n4)cc3)ccc1-2. The van der Waals surface area contributed by atoms with Crippen LogP contribution in [0.2, 0.25) is 0 Å². The first-order valence-corrected chi connectivity index (χ1v) is 37.1. The third kappa shape index (κ3) is 11.5. The molecular weight excluding hydrogens is 1290 g/mol. The zero-order chi connectivity index (χ0) is 70.7. The maximum atomic E-state index is 10.0. The van der Waals surface area contributed by atoms with Crippen LogP contribution in [-0.4, -0.2) is 29.9 Å². The molecule has 0 unspecified atom stereocenters. The number of nitriles is 2. The Bertz CT molecular complexity index is 5980. The minimum atomic E-state index is -0.149. The van der Waals surface area contributed by atoms with Gasteiger partial charge >= 0.3 is 0 Å². The Morgan fingerprint density at radius 1 is 0.198 bits per heavy atom. The monoisotopic (exact) mass is 1360 g/mol. The van der Waals surface area contributed by atoms with Crippen LogP contribution in [-0.2, 0) is 10.8 Å². The lowest BCUT2D eigenvalue weighted by Gasteiger charge is -2.36. The molecule has 19 rings (SSSR count). The van der Waals surface area contributed by atoms with E-state index in [0.29, 0.717) is 40.5 Å². The summed E-state index contributed by atoms with van der Waals surface area (Å²) in [5, 5.41) is 19.9. The molecule has 2 saturated carbocycles. The molecule has 13 aromatic carbocycles. The van der Waals surface area contributed by atoms with Crippen LogP contribution in [0.3, 0.4) is 0 Å². The topological polar surface area (TPSA) is 125 Å². The Morgan fingerprint density at radius 3 is 0.745 bits per heavy atom. The van der Waals surface area contributed by atoms with Crippen LogP contribution < -0.4 is 0 Å². The van der Waals surface area contributed by atoms with Crippen LogP contribution in [0.5, 0.6) is 0 Å². The van der Waals surface area contributed by atoms with Gasteiger partial charge in [-0.05, 0) is 179 Å². The van der Waals surface area contributed by atoms with Crippen molar-refractivity contribution < 1.29 is 0 Å². The third-order valence-electron chi connectivity index (χ3n) is 22.9. The van der Waals surface area contributed by atoms with Crippen LogP contribution in [0.1, 0.15) is 97.6 Å². The predicted molar refractivity (Wildman–Crippen MR) is 426 cm³/mol. The molecule has 0 radical (unpaired) electrons. The minimum absolute atomic E-state index is 0.0671. The molecule has 8 nitrogen and oxygen atoms in total. The van der Waals surface area contributed by atoms with E-state index in [2.05, 4.69) is 291 Å². The molecule has 15 aromatic rings. The minimum Gasteiger partial charge on any atom is -0.208 e. The van der Waals surface area contributed by atoms with Crippen LogP contribution in [0.4, 0.5) is 0 Å². The average Bonchev–Trinajstić information content (AvgIpc) is 1.56. The van der Waals surface area contributed by atoms with E-state index in [1.54, 1.807) is 0 Å². The highest BCUT2D eigenvalue weighted by Gasteiger charge is 2.46. The van der Waals surface area contributed by atoms with E-state index in [1.807, 2.05) is 24.3 Å². The summed E-state index contributed by atoms with van der Waals surface area (Å²) in [4.78, 5) is 31.3. The first kappa shape index (κ1) is 63.8. The summed E-state index contributed by atoms with van der Waals surface area (Å²) in [7, 11) is 0. The molecule has 0 amide bonds. The van der Waals surface area contributed by atoms with E-state index in [-0.39, 0.29) is 10.8 Å². The van der Waals surface area contributed by atoms with E-state index in [1.165, 1.54) is 75.8 Å². The lowest BCUT2D eigenvalue weighted by atomic mass is 9.67. The van der Waals surface area contributed by atoms with Gasteiger partial charge in [0.15, 0.2) is 34.9 Å². The molecule has 0 atom stereocenters. The Kier molecular flexibility index (Phi) is 16.0. The fourth-order valence-corrected chi connectivity index (χ4v) is 17.4. The number of hydrogen-bond donors (Lipinski definition) is 0. The van der Waals surface area contributed by atoms with Crippen molar-refractivity contribution in [3.05, 3.63) is 337 Å². The van der Waals surface area contributed by atoms with Crippen molar-refractivity contribution in [2.24, 2.45) is 0 Å². The summed E-state index contributed by atoms with van der Waals surface area (Å²) in [6.07, 6.45) is 11.4. The standard InChI is InChI=1S/C98H70N8/c99-61-63-20-48-83-85-50-46-81(59-89(85)97(87(83)56-63)52-9-3-10-53-97)73-34-44-78(45-35-73)93-102-91(74-36-26-67(27-37-74)65-14-5-1-6-15-65)101-92(103-93)77-42-32-72(33-43-77)80-19-13-18-79(58-80)71-24-22-69(23-25-71)70-30-40-76(41-31-70)95-104-94(75-38-28-68(29-39-75)66-16-7-2-8-17-66)105-96(106-95)82-47-51-86-84-49-21-64(62-100)57-88(84)98(90(86)60-82)54-11-4-12-55-98/h1-2,5-8,13-51,56-60H,3-4,9-12,52-55H2. The van der Waals surface area contributed by atoms with Crippen molar-refractivity contribution in [3.8, 4) is 169 Å². The van der Waals surface area contributed by atoms with Crippen molar-refractivity contribution in [1.29, 1.82) is 10.5 Å². The number of hydrogen-bond acceptors (Lipinski definition) is 8. The Balaban J connectivity index is 0.594. The van der Waals surface area contributed by atoms with E-state index in [9.17, 15) is 10.5 Å². The first-order valence-electron chi connectivity index (χ1n) is 37.1. The van der Waals surface area contributed by atoms with Gasteiger partial charge in [-0.1, -0.05) is 299 Å². The first-order chi connectivity index (χ1) is 52.3. The van der Waals surface area contributed by atoms with Gasteiger partial charge in [0.1, 0.15) is 0 Å². The van der Waals surface area contributed by atoms with Crippen molar-refractivity contribution in [3.63, 3.8) is 0 Å². The molecule has 4 aliphatic rings. The smallest absolute Gasteiger partial charge is 0.164 e. The van der Waals surface area contributed by atoms with Crippen LogP contribution in [0.15, 0.2) is 303 Å². The normalized spacial score (nSPS) is 14.2. The van der Waals surface area contributed by atoms with Gasteiger partial charge in [0, 0.05) is 44.2 Å². The van der Waals surface area contributed by atoms with Gasteiger partial charge in [0.2, 0.25) is 0 Å². The van der Waals surface area contributed by atoms with Crippen molar-refractivity contribution in [2.45, 2.75) is 75.0 Å². The van der Waals surface area contributed by atoms with Gasteiger partial charge in [-0.15, -0.1) is 0 Å². The Morgan fingerprint density at radius 2 is 0.425 bits per heavy atom. The highest BCUT2D eigenvalue weighted by atomic mass is 15.0. The molecule has 502 valence electrons. The molecule has 2 fully saturated rings. The molecular formula is C98H70N8. The van der Waals surface area contributed by atoms with Crippen LogP contribution in [0, 0.1) is 22.7 Å². The van der Waals surface area contributed by atoms with Crippen molar-refractivity contribution >= 4 is 0 Å². The Labute approximate surface area is 617 Å². The fraction of sp³-hybridized carbons (Fsp3) is 0.122. The van der Waals surface area contributed by atoms with E-state index in [0.717, 1.165) is 139 Å². The highest BCUT2D eigenvalue weighted by Crippen LogP contribution is 2.58. The largest absolute Gasteiger partial charge is 0.208 e. The molecule has 4 aliphatic carbocycles. The van der Waals surface area contributed by atoms with Crippen LogP contribution >= 0.6 is 0 Å². The summed E-state index contributed by atoms with van der Waals surface area (Å²) in [6, 6.07) is 112. The third-order valence-corrected chi connectivity index (χ3v) is 22.9. The van der Waals surface area contributed by atoms with Gasteiger partial charge in [-0.25, -0.2) is 29.9 Å². The molecule has 0 bridgehead atoms. The molecule has 0 aliphatic heterocycles. The molecule has 8 heteroatoms. The second-order valence-corrected chi connectivity index (χ2v) is 28.9. The summed E-state index contributed by atoms with van der Waals surface area (Å²) in [5.41, 5.74) is 30.5. The average molecular weight is 1360 g/mol. The van der Waals surface area contributed by atoms with Gasteiger partial charge < -0.3 is 0 Å². The fourth-order valence-electron chi connectivity index (χ4n) is 17.4. The van der Waals surface area contributed by atoms with Gasteiger partial charge in [-0.3, -0.25) is 0 Å². The van der Waals surface area contributed by atoms with Gasteiger partial charge in [0.05, 0.1) is 23.3 Å². The van der Waals surface area contributed by atoms with E-state index >= 15 is 0 Å². The second kappa shape index (κ2) is 26.6. The lowest BCUT2D eigenvalue weighted by Crippen LogP contribution is -2.28. The van der Waals surface area contributed by atoms with Crippen LogP contribution in [0.25, 0.3) is 157 Å².